The Hall–Kier alpha value is -4.14. The number of carbonyl (C=O) groups excluding carboxylic acids is 1. The first-order valence-electron chi connectivity index (χ1n) is 13.9. The van der Waals surface area contributed by atoms with Gasteiger partial charge in [0.15, 0.2) is 16.5 Å². The van der Waals surface area contributed by atoms with Crippen molar-refractivity contribution in [1.29, 1.82) is 0 Å². The number of hydrogen-bond donors (Lipinski definition) is 6. The first-order valence-corrected chi connectivity index (χ1v) is 15.7. The Morgan fingerprint density at radius 1 is 1.10 bits per heavy atom. The molecule has 3 aromatic carbocycles. The van der Waals surface area contributed by atoms with Crippen LogP contribution in [0.3, 0.4) is 0 Å². The molecule has 3 aromatic rings. The van der Waals surface area contributed by atoms with E-state index in [1.807, 2.05) is 4.72 Å². The van der Waals surface area contributed by atoms with Gasteiger partial charge >= 0.3 is 5.97 Å². The Balaban J connectivity index is 1.66. The number of amides is 1. The van der Waals surface area contributed by atoms with Crippen molar-refractivity contribution >= 4 is 39.2 Å². The van der Waals surface area contributed by atoms with Crippen LogP contribution in [0.1, 0.15) is 22.3 Å². The average Bonchev–Trinajstić information content (AvgIpc) is 3.05. The van der Waals surface area contributed by atoms with Gasteiger partial charge in [-0.3, -0.25) is 14.9 Å². The number of nitro benzene ring substituents is 1. The van der Waals surface area contributed by atoms with E-state index in [2.05, 4.69) is 5.32 Å². The van der Waals surface area contributed by atoms with E-state index in [4.69, 9.17) is 21.1 Å². The Bertz CT molecular complexity index is 1790. The van der Waals surface area contributed by atoms with Crippen LogP contribution < -0.4 is 10.0 Å². The molecular weight excluding hydrogens is 688 g/mol. The van der Waals surface area contributed by atoms with E-state index in [1.54, 1.807) is 0 Å². The molecule has 0 saturated carbocycles. The Morgan fingerprint density at radius 2 is 1.77 bits per heavy atom. The van der Waals surface area contributed by atoms with Gasteiger partial charge in [0.05, 0.1) is 29.8 Å². The van der Waals surface area contributed by atoms with Gasteiger partial charge in [-0.2, -0.15) is 0 Å². The van der Waals surface area contributed by atoms with E-state index in [0.29, 0.717) is 5.02 Å². The fraction of sp³-hybridized carbons (Fsp3) is 0.310. The number of nitro groups is 1. The van der Waals surface area contributed by atoms with Gasteiger partial charge in [-0.1, -0.05) is 35.9 Å². The number of aliphatic carboxylic acids is 1. The highest BCUT2D eigenvalue weighted by Crippen LogP contribution is 2.36. The standard InChI is InChI=1S/C29H28ClF2N3O12S/c30-17-10-8-15(9-11-17)27(39)33-13-21(37)25(38)26-24(34-48(44,45)22-7-2-1-6-19(22)35(42)43)20(36)12-29(47-26,28(40)41)46-14-16-4-3-5-18(31)23(16)32/h1-11,20-21,24-26,34,36-38H,12-14H2,(H,33,39)(H,40,41)/t20-,21+,24+,25-,26+,29+/m0/s1. The number of carbonyl (C=O) groups is 2. The largest absolute Gasteiger partial charge is 0.477 e. The molecule has 1 aliphatic rings. The molecule has 0 unspecified atom stereocenters. The van der Waals surface area contributed by atoms with Crippen LogP contribution in [0.25, 0.3) is 0 Å². The summed E-state index contributed by atoms with van der Waals surface area (Å²) in [6, 6.07) is 10.6. The van der Waals surface area contributed by atoms with Crippen LogP contribution in [0.2, 0.25) is 5.02 Å². The fourth-order valence-corrected chi connectivity index (χ4v) is 6.43. The second-order valence-electron chi connectivity index (χ2n) is 10.6. The van der Waals surface area contributed by atoms with Gasteiger partial charge in [0.2, 0.25) is 10.0 Å². The molecule has 4 rings (SSSR count). The quantitative estimate of drug-likeness (QED) is 0.109. The maximum atomic E-state index is 14.3. The predicted molar refractivity (Wildman–Crippen MR) is 160 cm³/mol. The SMILES string of the molecule is O=C(NC[C@@H](O)[C@H](O)[C@@H]1O[C@@](OCc2cccc(F)c2F)(C(=O)O)C[C@H](O)[C@H]1NS(=O)(=O)c1ccccc1[N+](=O)[O-])c1ccc(Cl)cc1. The number of carboxylic acids is 1. The Kier molecular flexibility index (Phi) is 11.4. The van der Waals surface area contributed by atoms with E-state index < -0.39 is 110 Å². The van der Waals surface area contributed by atoms with Crippen molar-refractivity contribution in [1.82, 2.24) is 10.0 Å². The van der Waals surface area contributed by atoms with Crippen molar-refractivity contribution in [2.75, 3.05) is 6.54 Å². The summed E-state index contributed by atoms with van der Waals surface area (Å²) in [6.07, 6.45) is -9.71. The highest BCUT2D eigenvalue weighted by molar-refractivity contribution is 7.89. The minimum Gasteiger partial charge on any atom is -0.477 e. The lowest BCUT2D eigenvalue weighted by molar-refractivity contribution is -0.387. The molecule has 1 saturated heterocycles. The normalized spacial score (nSPS) is 22.4. The average molecular weight is 716 g/mol. The number of halogens is 3. The number of ether oxygens (including phenoxy) is 2. The van der Waals surface area contributed by atoms with Crippen LogP contribution in [-0.4, -0.2) is 88.4 Å². The number of benzene rings is 3. The molecule has 6 atom stereocenters. The summed E-state index contributed by atoms with van der Waals surface area (Å²) in [6.45, 7) is -1.67. The molecule has 1 fully saturated rings. The molecule has 6 N–H and O–H groups in total. The van der Waals surface area contributed by atoms with E-state index in [0.717, 1.165) is 30.3 Å². The van der Waals surface area contributed by atoms with Crippen LogP contribution in [0.5, 0.6) is 0 Å². The zero-order valence-corrected chi connectivity index (χ0v) is 26.0. The van der Waals surface area contributed by atoms with Crippen molar-refractivity contribution in [3.8, 4) is 0 Å². The second kappa shape index (κ2) is 15.0. The van der Waals surface area contributed by atoms with Gasteiger partial charge in [-0.15, -0.1) is 0 Å². The predicted octanol–water partition coefficient (Wildman–Crippen LogP) is 1.47. The van der Waals surface area contributed by atoms with Crippen molar-refractivity contribution in [2.45, 2.75) is 54.2 Å². The monoisotopic (exact) mass is 715 g/mol. The second-order valence-corrected chi connectivity index (χ2v) is 12.7. The van der Waals surface area contributed by atoms with Gasteiger partial charge < -0.3 is 35.2 Å². The number of para-hydroxylation sites is 1. The van der Waals surface area contributed by atoms with Crippen LogP contribution in [0, 0.1) is 21.7 Å². The Morgan fingerprint density at radius 3 is 2.42 bits per heavy atom. The molecule has 19 heteroatoms. The lowest BCUT2D eigenvalue weighted by Gasteiger charge is -2.46. The number of carboxylic acid groups (broad SMARTS) is 1. The van der Waals surface area contributed by atoms with Crippen LogP contribution in [0.15, 0.2) is 71.6 Å². The summed E-state index contributed by atoms with van der Waals surface area (Å²) in [7, 11) is -4.93. The van der Waals surface area contributed by atoms with E-state index in [-0.39, 0.29) is 5.56 Å². The molecule has 0 aromatic heterocycles. The zero-order valence-electron chi connectivity index (χ0n) is 24.4. The third-order valence-corrected chi connectivity index (χ3v) is 9.10. The van der Waals surface area contributed by atoms with Gasteiger partial charge in [0.1, 0.15) is 12.2 Å². The third kappa shape index (κ3) is 8.10. The van der Waals surface area contributed by atoms with Crippen LogP contribution >= 0.6 is 11.6 Å². The Labute approximate surface area is 275 Å². The summed E-state index contributed by atoms with van der Waals surface area (Å²) < 4.78 is 67.7. The number of aliphatic hydroxyl groups is 3. The molecular formula is C29H28ClF2N3O12S. The summed E-state index contributed by atoms with van der Waals surface area (Å²) >= 11 is 5.81. The van der Waals surface area contributed by atoms with Crippen molar-refractivity contribution in [3.63, 3.8) is 0 Å². The minimum atomic E-state index is -4.93. The fourth-order valence-electron chi connectivity index (χ4n) is 4.86. The molecule has 258 valence electrons. The summed E-state index contributed by atoms with van der Waals surface area (Å²) in [5.41, 5.74) is -1.23. The molecule has 0 bridgehead atoms. The molecule has 1 heterocycles. The summed E-state index contributed by atoms with van der Waals surface area (Å²) in [4.78, 5) is 34.7. The van der Waals surface area contributed by atoms with Crippen molar-refractivity contribution in [2.24, 2.45) is 0 Å². The van der Waals surface area contributed by atoms with Crippen molar-refractivity contribution < 1.29 is 61.6 Å². The van der Waals surface area contributed by atoms with Gasteiger partial charge in [-0.25, -0.2) is 26.7 Å². The smallest absolute Gasteiger partial charge is 0.364 e. The van der Waals surface area contributed by atoms with Gasteiger partial charge in [0.25, 0.3) is 17.4 Å². The zero-order chi connectivity index (χ0) is 35.4. The van der Waals surface area contributed by atoms with Crippen molar-refractivity contribution in [3.05, 3.63) is 105 Å². The van der Waals surface area contributed by atoms with Gasteiger partial charge in [0, 0.05) is 35.2 Å². The first-order chi connectivity index (χ1) is 22.6. The summed E-state index contributed by atoms with van der Waals surface area (Å²) in [5, 5.41) is 57.4. The number of nitrogens with zero attached hydrogens (tertiary/aromatic N) is 1. The topological polar surface area (TPSA) is 235 Å². The third-order valence-electron chi connectivity index (χ3n) is 7.34. The number of aliphatic hydroxyl groups excluding tert-OH is 3. The van der Waals surface area contributed by atoms with E-state index in [1.165, 1.54) is 36.4 Å². The number of sulfonamides is 1. The molecule has 0 radical (unpaired) electrons. The highest BCUT2D eigenvalue weighted by Gasteiger charge is 2.56. The molecule has 1 aliphatic heterocycles. The molecule has 1 amide bonds. The molecule has 0 spiro atoms. The number of nitrogens with one attached hydrogen (secondary N) is 2. The minimum absolute atomic E-state index is 0.100. The first kappa shape index (κ1) is 36.7. The molecule has 15 nitrogen and oxygen atoms in total. The van der Waals surface area contributed by atoms with Crippen LogP contribution in [-0.2, 0) is 30.9 Å². The lowest BCUT2D eigenvalue weighted by Crippen LogP contribution is -2.68. The van der Waals surface area contributed by atoms with Crippen LogP contribution in [0.4, 0.5) is 14.5 Å². The molecule has 0 aliphatic carbocycles. The lowest BCUT2D eigenvalue weighted by atomic mass is 9.89. The van der Waals surface area contributed by atoms with Gasteiger partial charge in [-0.05, 0) is 36.4 Å². The van der Waals surface area contributed by atoms with E-state index in [9.17, 15) is 57.3 Å². The number of hydrogen-bond acceptors (Lipinski definition) is 11. The summed E-state index contributed by atoms with van der Waals surface area (Å²) in [5.74, 6) is -8.30. The maximum absolute atomic E-state index is 14.3. The highest BCUT2D eigenvalue weighted by atomic mass is 35.5. The maximum Gasteiger partial charge on any atom is 0.364 e. The molecule has 48 heavy (non-hydrogen) atoms. The van der Waals surface area contributed by atoms with E-state index >= 15 is 0 Å². The number of rotatable bonds is 13.